The van der Waals surface area contributed by atoms with E-state index in [0.717, 1.165) is 52.6 Å². The van der Waals surface area contributed by atoms with Crippen LogP contribution < -0.4 is 10.6 Å². The molecule has 6 rings (SSSR count). The summed E-state index contributed by atoms with van der Waals surface area (Å²) in [5.74, 6) is 0.674. The molecule has 2 heterocycles. The van der Waals surface area contributed by atoms with Gasteiger partial charge >= 0.3 is 0 Å². The normalized spacial score (nSPS) is 26.1. The van der Waals surface area contributed by atoms with Crippen LogP contribution in [0.4, 0.5) is 0 Å². The Morgan fingerprint density at radius 2 is 1.59 bits per heavy atom. The fraction of sp³-hybridized carbons (Fsp3) is 0.512. The van der Waals surface area contributed by atoms with Crippen molar-refractivity contribution in [2.75, 3.05) is 6.54 Å². The van der Waals surface area contributed by atoms with E-state index >= 15 is 0 Å². The zero-order valence-corrected chi connectivity index (χ0v) is 29.5. The number of piperidine rings is 1. The molecule has 3 aromatic carbocycles. The first-order chi connectivity index (χ1) is 23.6. The van der Waals surface area contributed by atoms with Crippen molar-refractivity contribution in [1.29, 1.82) is 0 Å². The second-order valence-electron chi connectivity index (χ2n) is 15.2. The minimum atomic E-state index is -0.585. The highest BCUT2D eigenvalue weighted by molar-refractivity contribution is 5.82. The number of ether oxygens (including phenoxy) is 2. The van der Waals surface area contributed by atoms with Crippen LogP contribution in [0.25, 0.3) is 11.1 Å². The van der Waals surface area contributed by atoms with E-state index in [0.29, 0.717) is 31.5 Å². The molecule has 2 aliphatic heterocycles. The maximum atomic E-state index is 13.8. The number of likely N-dealkylation sites (tertiary alicyclic amines) is 1. The van der Waals surface area contributed by atoms with Crippen LogP contribution in [0.3, 0.4) is 0 Å². The zero-order chi connectivity index (χ0) is 34.5. The monoisotopic (exact) mass is 667 g/mol. The van der Waals surface area contributed by atoms with Crippen LogP contribution in [0.5, 0.6) is 0 Å². The van der Waals surface area contributed by atoms with E-state index < -0.39 is 6.29 Å². The Morgan fingerprint density at radius 3 is 2.31 bits per heavy atom. The van der Waals surface area contributed by atoms with E-state index in [1.807, 2.05) is 63.2 Å². The number of aliphatic hydroxyl groups is 1. The SMILES string of the molecule is CC(=O)NCc1ccccc1-c1ccc(C2OC(CN3C(C(=O)NC(C)(C)C)CCC4CCCCC43)CC(c3ccc(CO)cc3)O2)cc1. The third-order valence-electron chi connectivity index (χ3n) is 10.4. The first kappa shape index (κ1) is 35.3. The quantitative estimate of drug-likeness (QED) is 0.228. The van der Waals surface area contributed by atoms with Gasteiger partial charge < -0.3 is 25.2 Å². The average molecular weight is 668 g/mol. The predicted molar refractivity (Wildman–Crippen MR) is 191 cm³/mol. The van der Waals surface area contributed by atoms with Gasteiger partial charge in [0.15, 0.2) is 6.29 Å². The molecule has 3 fully saturated rings. The van der Waals surface area contributed by atoms with Crippen LogP contribution in [-0.2, 0) is 32.2 Å². The lowest BCUT2D eigenvalue weighted by molar-refractivity contribution is -0.255. The summed E-state index contributed by atoms with van der Waals surface area (Å²) in [4.78, 5) is 27.8. The van der Waals surface area contributed by atoms with Gasteiger partial charge in [0, 0.05) is 43.6 Å². The molecule has 0 aromatic heterocycles. The van der Waals surface area contributed by atoms with Crippen LogP contribution in [0.2, 0.25) is 0 Å². The van der Waals surface area contributed by atoms with Gasteiger partial charge in [-0.2, -0.15) is 0 Å². The molecule has 6 unspecified atom stereocenters. The third kappa shape index (κ3) is 8.79. The van der Waals surface area contributed by atoms with Crippen LogP contribution in [0.1, 0.15) is 107 Å². The molecule has 49 heavy (non-hydrogen) atoms. The highest BCUT2D eigenvalue weighted by atomic mass is 16.7. The molecule has 0 spiro atoms. The van der Waals surface area contributed by atoms with Crippen molar-refractivity contribution in [3.05, 3.63) is 95.1 Å². The van der Waals surface area contributed by atoms with E-state index in [-0.39, 0.29) is 42.2 Å². The average Bonchev–Trinajstić information content (AvgIpc) is 3.10. The summed E-state index contributed by atoms with van der Waals surface area (Å²) in [5, 5.41) is 15.9. The number of carbonyl (C=O) groups is 2. The topological polar surface area (TPSA) is 100 Å². The number of amides is 2. The highest BCUT2D eigenvalue weighted by Gasteiger charge is 2.44. The summed E-state index contributed by atoms with van der Waals surface area (Å²) < 4.78 is 13.5. The van der Waals surface area contributed by atoms with E-state index in [9.17, 15) is 14.7 Å². The van der Waals surface area contributed by atoms with Crippen LogP contribution in [0.15, 0.2) is 72.8 Å². The van der Waals surface area contributed by atoms with Gasteiger partial charge in [0.1, 0.15) is 0 Å². The molecule has 8 heteroatoms. The van der Waals surface area contributed by atoms with Crippen molar-refractivity contribution in [3.8, 4) is 11.1 Å². The number of nitrogens with one attached hydrogen (secondary N) is 2. The second kappa shape index (κ2) is 15.5. The van der Waals surface area contributed by atoms with Crippen LogP contribution >= 0.6 is 0 Å². The van der Waals surface area contributed by atoms with Gasteiger partial charge in [-0.15, -0.1) is 0 Å². The zero-order valence-electron chi connectivity index (χ0n) is 29.5. The maximum Gasteiger partial charge on any atom is 0.237 e. The van der Waals surface area contributed by atoms with Crippen molar-refractivity contribution >= 4 is 11.8 Å². The second-order valence-corrected chi connectivity index (χ2v) is 15.2. The van der Waals surface area contributed by atoms with Crippen molar-refractivity contribution in [2.45, 2.75) is 122 Å². The Morgan fingerprint density at radius 1 is 0.878 bits per heavy atom. The fourth-order valence-electron chi connectivity index (χ4n) is 7.99. The van der Waals surface area contributed by atoms with Crippen LogP contribution in [0, 0.1) is 5.92 Å². The number of fused-ring (bicyclic) bond motifs is 1. The summed E-state index contributed by atoms with van der Waals surface area (Å²) in [6.07, 6.45) is 6.51. The molecule has 3 N–H and O–H groups in total. The molecule has 3 aromatic rings. The number of hydrogen-bond donors (Lipinski definition) is 3. The lowest BCUT2D eigenvalue weighted by Crippen LogP contribution is -2.61. The number of carbonyl (C=O) groups excluding carboxylic acids is 2. The van der Waals surface area contributed by atoms with Gasteiger partial charge in [0.2, 0.25) is 11.8 Å². The van der Waals surface area contributed by atoms with E-state index in [1.165, 1.54) is 26.2 Å². The van der Waals surface area contributed by atoms with Crippen molar-refractivity contribution in [1.82, 2.24) is 15.5 Å². The standard InChI is InChI=1S/C41H53N3O5/c1-27(46)42-24-33-10-5-7-11-35(33)29-17-19-32(20-18-29)40-48-34(23-38(49-40)31-15-13-28(26-45)14-16-31)25-44-36-12-8-6-9-30(36)21-22-37(44)39(47)43-41(2,3)4/h5,7,10-11,13-20,30,34,36-38,40,45H,6,8-9,12,21-26H2,1-4H3,(H,42,46)(H,43,47). The van der Waals surface area contributed by atoms with Crippen molar-refractivity contribution in [3.63, 3.8) is 0 Å². The Kier molecular flexibility index (Phi) is 11.2. The summed E-state index contributed by atoms with van der Waals surface area (Å²) >= 11 is 0. The smallest absolute Gasteiger partial charge is 0.237 e. The van der Waals surface area contributed by atoms with Crippen LogP contribution in [-0.4, -0.2) is 52.1 Å². The van der Waals surface area contributed by atoms with Gasteiger partial charge in [0.25, 0.3) is 0 Å². The lowest BCUT2D eigenvalue weighted by Gasteiger charge is -2.50. The molecule has 262 valence electrons. The lowest BCUT2D eigenvalue weighted by atomic mass is 9.75. The molecule has 0 bridgehead atoms. The number of hydrogen-bond acceptors (Lipinski definition) is 6. The molecule has 0 radical (unpaired) electrons. The molecule has 1 saturated carbocycles. The summed E-state index contributed by atoms with van der Waals surface area (Å²) in [6, 6.07) is 24.6. The van der Waals surface area contributed by atoms with Gasteiger partial charge in [-0.05, 0) is 80.2 Å². The van der Waals surface area contributed by atoms with E-state index in [2.05, 4.69) is 45.9 Å². The Balaban J connectivity index is 1.27. The number of rotatable bonds is 9. The summed E-state index contributed by atoms with van der Waals surface area (Å²) in [7, 11) is 0. The van der Waals surface area contributed by atoms with Crippen molar-refractivity contribution < 1.29 is 24.2 Å². The molecule has 6 atom stereocenters. The molecule has 3 aliphatic rings. The largest absolute Gasteiger partial charge is 0.392 e. The molecular formula is C41H53N3O5. The molecular weight excluding hydrogens is 614 g/mol. The van der Waals surface area contributed by atoms with Crippen molar-refractivity contribution in [2.24, 2.45) is 5.92 Å². The van der Waals surface area contributed by atoms with Gasteiger partial charge in [-0.1, -0.05) is 85.6 Å². The van der Waals surface area contributed by atoms with Gasteiger partial charge in [0.05, 0.1) is 24.9 Å². The minimum absolute atomic E-state index is 0.00398. The van der Waals surface area contributed by atoms with Gasteiger partial charge in [-0.3, -0.25) is 14.5 Å². The molecule has 8 nitrogen and oxygen atoms in total. The van der Waals surface area contributed by atoms with E-state index in [1.54, 1.807) is 0 Å². The Hall–Kier alpha value is -3.56. The fourth-order valence-corrected chi connectivity index (χ4v) is 7.99. The molecule has 2 saturated heterocycles. The summed E-state index contributed by atoms with van der Waals surface area (Å²) in [6.45, 7) is 8.81. The third-order valence-corrected chi connectivity index (χ3v) is 10.4. The Labute approximate surface area is 291 Å². The number of benzene rings is 3. The minimum Gasteiger partial charge on any atom is -0.392 e. The summed E-state index contributed by atoms with van der Waals surface area (Å²) in [5.41, 5.74) is 5.72. The Bertz CT molecular complexity index is 1570. The number of aliphatic hydroxyl groups excluding tert-OH is 1. The molecule has 1 aliphatic carbocycles. The first-order valence-electron chi connectivity index (χ1n) is 18.1. The maximum absolute atomic E-state index is 13.8. The number of nitrogens with zero attached hydrogens (tertiary/aromatic N) is 1. The first-order valence-corrected chi connectivity index (χ1v) is 18.1. The molecule has 2 amide bonds. The van der Waals surface area contributed by atoms with Gasteiger partial charge in [-0.25, -0.2) is 0 Å². The highest BCUT2D eigenvalue weighted by Crippen LogP contribution is 2.42. The predicted octanol–water partition coefficient (Wildman–Crippen LogP) is 6.97. The van der Waals surface area contributed by atoms with E-state index in [4.69, 9.17) is 9.47 Å².